The second kappa shape index (κ2) is 7.99. The third-order valence-corrected chi connectivity index (χ3v) is 5.00. The number of carbonyl (C=O) groups is 1. The Bertz CT molecular complexity index is 819. The standard InChI is InChI=1S/C19H23ClN2O4/c1-4-26-19(23)16-17(20)12-9-14(24-2)15(25-3)10-13(12)22-18(16)21-11-7-5-6-8-11/h9-11H,4-8H2,1-3H3,(H,21,22). The normalized spacial score (nSPS) is 14.5. The number of nitrogens with one attached hydrogen (secondary N) is 1. The third-order valence-electron chi connectivity index (χ3n) is 4.60. The van der Waals surface area contributed by atoms with Crippen molar-refractivity contribution in [3.63, 3.8) is 0 Å². The second-order valence-electron chi connectivity index (χ2n) is 6.22. The maximum absolute atomic E-state index is 12.5. The van der Waals surface area contributed by atoms with Crippen LogP contribution >= 0.6 is 11.6 Å². The van der Waals surface area contributed by atoms with Crippen LogP contribution in [0.5, 0.6) is 11.5 Å². The lowest BCUT2D eigenvalue weighted by molar-refractivity contribution is 0.0527. The molecular formula is C19H23ClN2O4. The van der Waals surface area contributed by atoms with Gasteiger partial charge in [0.05, 0.1) is 31.4 Å². The largest absolute Gasteiger partial charge is 0.493 e. The van der Waals surface area contributed by atoms with Crippen LogP contribution in [0.4, 0.5) is 5.82 Å². The molecular weight excluding hydrogens is 356 g/mol. The summed E-state index contributed by atoms with van der Waals surface area (Å²) in [5, 5.41) is 4.30. The van der Waals surface area contributed by atoms with Gasteiger partial charge in [-0.15, -0.1) is 0 Å². The lowest BCUT2D eigenvalue weighted by atomic mass is 10.1. The zero-order valence-corrected chi connectivity index (χ0v) is 16.0. The number of pyridine rings is 1. The molecule has 26 heavy (non-hydrogen) atoms. The number of hydrogen-bond donors (Lipinski definition) is 1. The molecule has 0 unspecified atom stereocenters. The number of anilines is 1. The van der Waals surface area contributed by atoms with E-state index < -0.39 is 5.97 Å². The van der Waals surface area contributed by atoms with Gasteiger partial charge < -0.3 is 19.5 Å². The molecule has 1 saturated carbocycles. The Kier molecular flexibility index (Phi) is 5.71. The Morgan fingerprint density at radius 2 is 1.88 bits per heavy atom. The van der Waals surface area contributed by atoms with E-state index in [1.807, 2.05) is 0 Å². The molecule has 1 aliphatic rings. The van der Waals surface area contributed by atoms with Gasteiger partial charge in [0.25, 0.3) is 0 Å². The molecule has 6 nitrogen and oxygen atoms in total. The first kappa shape index (κ1) is 18.6. The minimum atomic E-state index is -0.484. The van der Waals surface area contributed by atoms with Crippen LogP contribution in [0.2, 0.25) is 5.02 Å². The van der Waals surface area contributed by atoms with Gasteiger partial charge in [0.15, 0.2) is 11.5 Å². The lowest BCUT2D eigenvalue weighted by Crippen LogP contribution is -2.19. The first-order valence-corrected chi connectivity index (χ1v) is 9.15. The van der Waals surface area contributed by atoms with Crippen LogP contribution in [0.1, 0.15) is 43.0 Å². The summed E-state index contributed by atoms with van der Waals surface area (Å²) < 4.78 is 15.9. The maximum atomic E-state index is 12.5. The van der Waals surface area contributed by atoms with E-state index in [2.05, 4.69) is 10.3 Å². The molecule has 0 saturated heterocycles. The van der Waals surface area contributed by atoms with Crippen molar-refractivity contribution in [3.8, 4) is 11.5 Å². The number of aromatic nitrogens is 1. The van der Waals surface area contributed by atoms with E-state index in [1.54, 1.807) is 33.3 Å². The van der Waals surface area contributed by atoms with E-state index in [4.69, 9.17) is 25.8 Å². The monoisotopic (exact) mass is 378 g/mol. The molecule has 1 aromatic heterocycles. The fourth-order valence-electron chi connectivity index (χ4n) is 3.31. The smallest absolute Gasteiger partial charge is 0.343 e. The van der Waals surface area contributed by atoms with Gasteiger partial charge in [0.2, 0.25) is 0 Å². The third kappa shape index (κ3) is 3.51. The molecule has 2 aromatic rings. The minimum Gasteiger partial charge on any atom is -0.493 e. The van der Waals surface area contributed by atoms with Crippen molar-refractivity contribution in [1.29, 1.82) is 0 Å². The summed E-state index contributed by atoms with van der Waals surface area (Å²) in [4.78, 5) is 17.2. The van der Waals surface area contributed by atoms with Crippen LogP contribution in [0.15, 0.2) is 12.1 Å². The maximum Gasteiger partial charge on any atom is 0.343 e. The van der Waals surface area contributed by atoms with E-state index >= 15 is 0 Å². The number of methoxy groups -OCH3 is 2. The first-order valence-electron chi connectivity index (χ1n) is 8.77. The topological polar surface area (TPSA) is 69.7 Å². The highest BCUT2D eigenvalue weighted by Gasteiger charge is 2.25. The van der Waals surface area contributed by atoms with Gasteiger partial charge in [-0.1, -0.05) is 24.4 Å². The first-order chi connectivity index (χ1) is 12.6. The highest BCUT2D eigenvalue weighted by Crippen LogP contribution is 2.39. The number of ether oxygens (including phenoxy) is 3. The summed E-state index contributed by atoms with van der Waals surface area (Å²) in [5.74, 6) is 1.05. The van der Waals surface area contributed by atoms with Crippen molar-refractivity contribution in [2.24, 2.45) is 0 Å². The molecule has 7 heteroatoms. The predicted molar refractivity (Wildman–Crippen MR) is 102 cm³/mol. The molecule has 0 bridgehead atoms. The average molecular weight is 379 g/mol. The Morgan fingerprint density at radius 3 is 2.50 bits per heavy atom. The molecule has 1 fully saturated rings. The zero-order valence-electron chi connectivity index (χ0n) is 15.2. The van der Waals surface area contributed by atoms with Crippen molar-refractivity contribution in [2.75, 3.05) is 26.1 Å². The molecule has 140 valence electrons. The number of rotatable bonds is 6. The van der Waals surface area contributed by atoms with E-state index in [0.29, 0.717) is 33.2 Å². The fraction of sp³-hybridized carbons (Fsp3) is 0.474. The van der Waals surface area contributed by atoms with Gasteiger partial charge in [-0.2, -0.15) is 0 Å². The van der Waals surface area contributed by atoms with Crippen molar-refractivity contribution < 1.29 is 19.0 Å². The highest BCUT2D eigenvalue weighted by atomic mass is 35.5. The number of hydrogen-bond acceptors (Lipinski definition) is 6. The fourth-order valence-corrected chi connectivity index (χ4v) is 3.63. The van der Waals surface area contributed by atoms with Gasteiger partial charge in [0.1, 0.15) is 11.4 Å². The molecule has 0 atom stereocenters. The van der Waals surface area contributed by atoms with Crippen LogP contribution in [0.25, 0.3) is 10.9 Å². The van der Waals surface area contributed by atoms with Crippen LogP contribution < -0.4 is 14.8 Å². The Hall–Kier alpha value is -2.21. The van der Waals surface area contributed by atoms with Crippen LogP contribution in [0, 0.1) is 0 Å². The number of esters is 1. The molecule has 0 radical (unpaired) electrons. The molecule has 1 aromatic carbocycles. The number of benzene rings is 1. The zero-order chi connectivity index (χ0) is 18.7. The Balaban J connectivity index is 2.17. The molecule has 0 aliphatic heterocycles. The average Bonchev–Trinajstić information content (AvgIpc) is 3.14. The van der Waals surface area contributed by atoms with Crippen molar-refractivity contribution >= 4 is 34.3 Å². The summed E-state index contributed by atoms with van der Waals surface area (Å²) in [6, 6.07) is 3.77. The summed E-state index contributed by atoms with van der Waals surface area (Å²) in [6.45, 7) is 2.03. The van der Waals surface area contributed by atoms with Crippen molar-refractivity contribution in [3.05, 3.63) is 22.7 Å². The van der Waals surface area contributed by atoms with Crippen molar-refractivity contribution in [1.82, 2.24) is 4.98 Å². The van der Waals surface area contributed by atoms with Gasteiger partial charge >= 0.3 is 5.97 Å². The van der Waals surface area contributed by atoms with Crippen LogP contribution in [0.3, 0.4) is 0 Å². The molecule has 3 rings (SSSR count). The van der Waals surface area contributed by atoms with E-state index in [9.17, 15) is 4.79 Å². The van der Waals surface area contributed by atoms with Crippen LogP contribution in [-0.2, 0) is 4.74 Å². The van der Waals surface area contributed by atoms with Crippen molar-refractivity contribution in [2.45, 2.75) is 38.6 Å². The SMILES string of the molecule is CCOC(=O)c1c(NC2CCCC2)nc2cc(OC)c(OC)cc2c1Cl. The molecule has 0 spiro atoms. The number of halogens is 1. The van der Waals surface area contributed by atoms with E-state index in [-0.39, 0.29) is 18.2 Å². The second-order valence-corrected chi connectivity index (χ2v) is 6.60. The minimum absolute atomic E-state index is 0.264. The highest BCUT2D eigenvalue weighted by molar-refractivity contribution is 6.39. The van der Waals surface area contributed by atoms with E-state index in [1.165, 1.54) is 12.8 Å². The number of nitrogens with zero attached hydrogens (tertiary/aromatic N) is 1. The number of fused-ring (bicyclic) bond motifs is 1. The van der Waals surface area contributed by atoms with Gasteiger partial charge in [-0.25, -0.2) is 9.78 Å². The molecule has 1 N–H and O–H groups in total. The number of carbonyl (C=O) groups excluding carboxylic acids is 1. The molecule has 0 amide bonds. The summed E-state index contributed by atoms with van der Waals surface area (Å²) >= 11 is 6.61. The lowest BCUT2D eigenvalue weighted by Gasteiger charge is -2.18. The quantitative estimate of drug-likeness (QED) is 0.749. The predicted octanol–water partition coefficient (Wildman–Crippen LogP) is 4.44. The Morgan fingerprint density at radius 1 is 1.23 bits per heavy atom. The van der Waals surface area contributed by atoms with Gasteiger partial charge in [0, 0.05) is 17.5 Å². The molecule has 1 heterocycles. The Labute approximate surface area is 157 Å². The summed E-state index contributed by atoms with van der Waals surface area (Å²) in [7, 11) is 3.11. The van der Waals surface area contributed by atoms with Gasteiger partial charge in [-0.05, 0) is 25.8 Å². The van der Waals surface area contributed by atoms with Crippen LogP contribution in [-0.4, -0.2) is 37.8 Å². The van der Waals surface area contributed by atoms with E-state index in [0.717, 1.165) is 12.8 Å². The molecule has 1 aliphatic carbocycles. The summed E-state index contributed by atoms with van der Waals surface area (Å²) in [5.41, 5.74) is 0.890. The van der Waals surface area contributed by atoms with Gasteiger partial charge in [-0.3, -0.25) is 0 Å². The summed E-state index contributed by atoms with van der Waals surface area (Å²) in [6.07, 6.45) is 4.43.